The van der Waals surface area contributed by atoms with E-state index in [-0.39, 0.29) is 0 Å². The number of hydrogen-bond acceptors (Lipinski definition) is 1. The quantitative estimate of drug-likeness (QED) is 0.618. The zero-order valence-corrected chi connectivity index (χ0v) is 9.10. The Morgan fingerprint density at radius 1 is 1.08 bits per heavy atom. The van der Waals surface area contributed by atoms with Gasteiger partial charge in [-0.2, -0.15) is 0 Å². The normalized spacial score (nSPS) is 29.0. The van der Waals surface area contributed by atoms with E-state index in [2.05, 4.69) is 13.8 Å². The van der Waals surface area contributed by atoms with E-state index in [1.54, 1.807) is 0 Å². The summed E-state index contributed by atoms with van der Waals surface area (Å²) in [7, 11) is 0. The Morgan fingerprint density at radius 2 is 1.58 bits per heavy atom. The molecule has 0 aromatic heterocycles. The third-order valence-corrected chi connectivity index (χ3v) is 2.37. The highest BCUT2D eigenvalue weighted by Crippen LogP contribution is 2.25. The Labute approximate surface area is 77.5 Å². The van der Waals surface area contributed by atoms with Crippen LogP contribution in [0.5, 0.6) is 0 Å². The summed E-state index contributed by atoms with van der Waals surface area (Å²) in [5, 5.41) is 0. The molecule has 0 radical (unpaired) electrons. The van der Waals surface area contributed by atoms with Gasteiger partial charge in [-0.3, -0.25) is 0 Å². The van der Waals surface area contributed by atoms with Crippen LogP contribution in [-0.4, -0.2) is 12.7 Å². The maximum absolute atomic E-state index is 5.53. The molecule has 1 fully saturated rings. The summed E-state index contributed by atoms with van der Waals surface area (Å²) in [4.78, 5) is 0. The summed E-state index contributed by atoms with van der Waals surface area (Å²) in [6.45, 7) is 9.30. The van der Waals surface area contributed by atoms with Crippen molar-refractivity contribution in [1.82, 2.24) is 0 Å². The van der Waals surface area contributed by atoms with Crippen molar-refractivity contribution >= 4 is 0 Å². The SMILES string of the molecule is CC.CCOC1CCC(C)CC1. The molecule has 0 spiro atoms. The topological polar surface area (TPSA) is 9.23 Å². The van der Waals surface area contributed by atoms with Crippen molar-refractivity contribution in [1.29, 1.82) is 0 Å². The van der Waals surface area contributed by atoms with E-state index in [1.807, 2.05) is 13.8 Å². The van der Waals surface area contributed by atoms with E-state index >= 15 is 0 Å². The van der Waals surface area contributed by atoms with Crippen LogP contribution in [0.25, 0.3) is 0 Å². The van der Waals surface area contributed by atoms with Gasteiger partial charge in [0.1, 0.15) is 0 Å². The standard InChI is InChI=1S/C9H18O.C2H6/c1-3-10-9-6-4-8(2)5-7-9;1-2/h8-9H,3-7H2,1-2H3;1-2H3. The molecule has 0 atom stereocenters. The second-order valence-corrected chi connectivity index (χ2v) is 3.34. The predicted octanol–water partition coefficient (Wildman–Crippen LogP) is 3.63. The van der Waals surface area contributed by atoms with E-state index in [4.69, 9.17) is 4.74 Å². The summed E-state index contributed by atoms with van der Waals surface area (Å²) in [6.07, 6.45) is 5.89. The highest BCUT2D eigenvalue weighted by molar-refractivity contribution is 4.69. The summed E-state index contributed by atoms with van der Waals surface area (Å²) in [5.41, 5.74) is 0. The fourth-order valence-corrected chi connectivity index (χ4v) is 1.63. The average Bonchev–Trinajstić information content (AvgIpc) is 2.13. The van der Waals surface area contributed by atoms with Crippen LogP contribution in [0.4, 0.5) is 0 Å². The fraction of sp³-hybridized carbons (Fsp3) is 1.00. The van der Waals surface area contributed by atoms with Crippen LogP contribution in [-0.2, 0) is 4.74 Å². The van der Waals surface area contributed by atoms with Crippen LogP contribution in [0.1, 0.15) is 53.4 Å². The maximum atomic E-state index is 5.53. The molecule has 0 aromatic carbocycles. The zero-order valence-electron chi connectivity index (χ0n) is 9.10. The van der Waals surface area contributed by atoms with Crippen LogP contribution in [0.3, 0.4) is 0 Å². The lowest BCUT2D eigenvalue weighted by Crippen LogP contribution is -2.20. The number of hydrogen-bond donors (Lipinski definition) is 0. The Hall–Kier alpha value is -0.0400. The van der Waals surface area contributed by atoms with Gasteiger partial charge in [-0.15, -0.1) is 0 Å². The molecular weight excluding hydrogens is 148 g/mol. The monoisotopic (exact) mass is 172 g/mol. The Kier molecular flexibility index (Phi) is 7.58. The molecule has 12 heavy (non-hydrogen) atoms. The molecule has 0 amide bonds. The van der Waals surface area contributed by atoms with Gasteiger partial charge in [-0.25, -0.2) is 0 Å². The third kappa shape index (κ3) is 4.76. The Morgan fingerprint density at radius 3 is 2.00 bits per heavy atom. The minimum absolute atomic E-state index is 0.584. The molecule has 1 heteroatoms. The molecule has 0 heterocycles. The molecule has 1 aliphatic carbocycles. The van der Waals surface area contributed by atoms with Gasteiger partial charge >= 0.3 is 0 Å². The van der Waals surface area contributed by atoms with Crippen LogP contribution < -0.4 is 0 Å². The maximum Gasteiger partial charge on any atom is 0.0575 e. The third-order valence-electron chi connectivity index (χ3n) is 2.37. The molecule has 0 bridgehead atoms. The lowest BCUT2D eigenvalue weighted by atomic mass is 9.89. The van der Waals surface area contributed by atoms with Crippen LogP contribution in [0, 0.1) is 5.92 Å². The molecule has 1 saturated carbocycles. The van der Waals surface area contributed by atoms with Gasteiger partial charge in [0, 0.05) is 6.61 Å². The highest BCUT2D eigenvalue weighted by Gasteiger charge is 2.17. The largest absolute Gasteiger partial charge is 0.379 e. The number of rotatable bonds is 2. The van der Waals surface area contributed by atoms with Crippen molar-refractivity contribution in [2.75, 3.05) is 6.61 Å². The van der Waals surface area contributed by atoms with E-state index in [0.717, 1.165) is 12.5 Å². The van der Waals surface area contributed by atoms with Gasteiger partial charge in [0.2, 0.25) is 0 Å². The number of ether oxygens (including phenoxy) is 1. The molecular formula is C11H24O. The van der Waals surface area contributed by atoms with Gasteiger partial charge in [0.25, 0.3) is 0 Å². The summed E-state index contributed by atoms with van der Waals surface area (Å²) in [5.74, 6) is 0.941. The van der Waals surface area contributed by atoms with Crippen molar-refractivity contribution in [3.8, 4) is 0 Å². The van der Waals surface area contributed by atoms with E-state index < -0.39 is 0 Å². The van der Waals surface area contributed by atoms with Crippen LogP contribution in [0.2, 0.25) is 0 Å². The first-order chi connectivity index (χ1) is 5.83. The molecule has 74 valence electrons. The first kappa shape index (κ1) is 12.0. The van der Waals surface area contributed by atoms with Crippen molar-refractivity contribution in [2.24, 2.45) is 5.92 Å². The average molecular weight is 172 g/mol. The molecule has 1 aliphatic rings. The smallest absolute Gasteiger partial charge is 0.0575 e. The van der Waals surface area contributed by atoms with Crippen molar-refractivity contribution in [2.45, 2.75) is 59.5 Å². The Bertz CT molecular complexity index is 83.0. The van der Waals surface area contributed by atoms with Gasteiger partial charge in [-0.05, 0) is 38.5 Å². The summed E-state index contributed by atoms with van der Waals surface area (Å²) in [6, 6.07) is 0. The van der Waals surface area contributed by atoms with Crippen molar-refractivity contribution < 1.29 is 4.74 Å². The summed E-state index contributed by atoms with van der Waals surface area (Å²) < 4.78 is 5.53. The van der Waals surface area contributed by atoms with Crippen molar-refractivity contribution in [3.63, 3.8) is 0 Å². The van der Waals surface area contributed by atoms with Gasteiger partial charge in [0.15, 0.2) is 0 Å². The zero-order chi connectivity index (χ0) is 9.40. The van der Waals surface area contributed by atoms with Crippen LogP contribution >= 0.6 is 0 Å². The van der Waals surface area contributed by atoms with Gasteiger partial charge in [0.05, 0.1) is 6.10 Å². The second kappa shape index (κ2) is 7.60. The van der Waals surface area contributed by atoms with E-state index in [0.29, 0.717) is 6.10 Å². The van der Waals surface area contributed by atoms with Crippen molar-refractivity contribution in [3.05, 3.63) is 0 Å². The summed E-state index contributed by atoms with van der Waals surface area (Å²) >= 11 is 0. The molecule has 0 saturated heterocycles. The molecule has 0 aliphatic heterocycles. The van der Waals surface area contributed by atoms with Gasteiger partial charge in [-0.1, -0.05) is 20.8 Å². The van der Waals surface area contributed by atoms with Crippen LogP contribution in [0.15, 0.2) is 0 Å². The fourth-order valence-electron chi connectivity index (χ4n) is 1.63. The Balaban J connectivity index is 0.000000561. The first-order valence-electron chi connectivity index (χ1n) is 5.44. The molecule has 0 aromatic rings. The minimum atomic E-state index is 0.584. The highest BCUT2D eigenvalue weighted by atomic mass is 16.5. The lowest BCUT2D eigenvalue weighted by Gasteiger charge is -2.25. The van der Waals surface area contributed by atoms with E-state index in [9.17, 15) is 0 Å². The molecule has 1 nitrogen and oxygen atoms in total. The van der Waals surface area contributed by atoms with Gasteiger partial charge < -0.3 is 4.74 Å². The molecule has 0 unspecified atom stereocenters. The molecule has 1 rings (SSSR count). The minimum Gasteiger partial charge on any atom is -0.379 e. The predicted molar refractivity (Wildman–Crippen MR) is 54.4 cm³/mol. The first-order valence-corrected chi connectivity index (χ1v) is 5.44. The lowest BCUT2D eigenvalue weighted by molar-refractivity contribution is 0.0276. The second-order valence-electron chi connectivity index (χ2n) is 3.34. The van der Waals surface area contributed by atoms with E-state index in [1.165, 1.54) is 25.7 Å². The molecule has 0 N–H and O–H groups in total.